The number of aliphatic carboxylic acids is 1. The molecule has 1 aliphatic heterocycles. The van der Waals surface area contributed by atoms with Gasteiger partial charge in [0.1, 0.15) is 36.3 Å². The highest BCUT2D eigenvalue weighted by molar-refractivity contribution is 5.96. The van der Waals surface area contributed by atoms with Gasteiger partial charge in [-0.15, -0.1) is 0 Å². The van der Waals surface area contributed by atoms with Crippen LogP contribution in [0.1, 0.15) is 39.3 Å². The Morgan fingerprint density at radius 3 is 2.20 bits per heavy atom. The molecule has 19 heteroatoms. The Labute approximate surface area is 258 Å². The zero-order valence-electron chi connectivity index (χ0n) is 25.1. The summed E-state index contributed by atoms with van der Waals surface area (Å²) < 4.78 is 0. The Kier molecular flexibility index (Phi) is 13.8. The minimum Gasteiger partial charge on any atom is -0.480 e. The molecule has 0 spiro atoms. The lowest BCUT2D eigenvalue weighted by Gasteiger charge is -2.27. The quantitative estimate of drug-likeness (QED) is 0.0812. The molecule has 1 aromatic heterocycles. The van der Waals surface area contributed by atoms with Gasteiger partial charge in [-0.25, -0.2) is 9.78 Å². The van der Waals surface area contributed by atoms with Gasteiger partial charge in [0.25, 0.3) is 0 Å². The molecule has 0 aliphatic carbocycles. The monoisotopic (exact) mass is 639 g/mol. The van der Waals surface area contributed by atoms with E-state index in [0.29, 0.717) is 12.1 Å². The van der Waals surface area contributed by atoms with Crippen LogP contribution in [0.25, 0.3) is 0 Å². The highest BCUT2D eigenvalue weighted by Gasteiger charge is 2.37. The molecule has 1 aromatic rings. The van der Waals surface area contributed by atoms with Gasteiger partial charge in [-0.3, -0.25) is 28.8 Å². The molecule has 0 aromatic carbocycles. The second-order valence-electron chi connectivity index (χ2n) is 10.6. The predicted molar refractivity (Wildman–Crippen MR) is 153 cm³/mol. The largest absolute Gasteiger partial charge is 0.480 e. The van der Waals surface area contributed by atoms with Crippen molar-refractivity contribution in [2.75, 3.05) is 19.7 Å². The Morgan fingerprint density at radius 1 is 0.978 bits per heavy atom. The van der Waals surface area contributed by atoms with E-state index in [1.807, 2.05) is 0 Å². The summed E-state index contributed by atoms with van der Waals surface area (Å²) in [6, 6.07) is -7.51. The summed E-state index contributed by atoms with van der Waals surface area (Å²) in [5.74, 6) is -5.98. The van der Waals surface area contributed by atoms with E-state index < -0.39 is 96.9 Å². The summed E-state index contributed by atoms with van der Waals surface area (Å²) >= 11 is 0. The van der Waals surface area contributed by atoms with Gasteiger partial charge in [0, 0.05) is 24.9 Å². The fraction of sp³-hybridized carbons (Fsp3) is 0.615. The maximum absolute atomic E-state index is 13.2. The number of rotatable bonds is 16. The summed E-state index contributed by atoms with van der Waals surface area (Å²) in [6.07, 6.45) is 2.25. The smallest absolute Gasteiger partial charge is 0.326 e. The Bertz CT molecular complexity index is 1230. The molecule has 11 N–H and O–H groups in total. The number of aliphatic hydroxyl groups excluding tert-OH is 2. The van der Waals surface area contributed by atoms with E-state index >= 15 is 0 Å². The number of hydrogen-bond donors (Lipinski definition) is 10. The lowest BCUT2D eigenvalue weighted by atomic mass is 10.1. The van der Waals surface area contributed by atoms with Crippen LogP contribution < -0.4 is 32.3 Å². The molecule has 0 bridgehead atoms. The van der Waals surface area contributed by atoms with Gasteiger partial charge >= 0.3 is 5.97 Å². The molecule has 45 heavy (non-hydrogen) atoms. The number of imidazole rings is 1. The number of aromatic amines is 1. The fourth-order valence-electron chi connectivity index (χ4n) is 4.36. The Hall–Kier alpha value is -4.62. The first-order valence-electron chi connectivity index (χ1n) is 14.2. The van der Waals surface area contributed by atoms with Crippen LogP contribution >= 0.6 is 0 Å². The van der Waals surface area contributed by atoms with E-state index in [0.717, 1.165) is 0 Å². The summed E-state index contributed by atoms with van der Waals surface area (Å²) in [5.41, 5.74) is 5.91. The summed E-state index contributed by atoms with van der Waals surface area (Å²) in [6.45, 7) is 2.74. The van der Waals surface area contributed by atoms with Crippen molar-refractivity contribution in [1.29, 1.82) is 0 Å². The number of carbonyl (C=O) groups is 7. The van der Waals surface area contributed by atoms with Gasteiger partial charge < -0.3 is 57.5 Å². The second kappa shape index (κ2) is 17.0. The van der Waals surface area contributed by atoms with Crippen molar-refractivity contribution in [3.8, 4) is 0 Å². The molecule has 0 saturated carbocycles. The van der Waals surface area contributed by atoms with Gasteiger partial charge in [-0.1, -0.05) is 0 Å². The number of hydrogen-bond acceptors (Lipinski definition) is 11. The van der Waals surface area contributed by atoms with Crippen LogP contribution in [0.5, 0.6) is 0 Å². The number of aromatic nitrogens is 2. The molecule has 1 saturated heterocycles. The highest BCUT2D eigenvalue weighted by Crippen LogP contribution is 2.18. The molecule has 0 radical (unpaired) electrons. The van der Waals surface area contributed by atoms with Gasteiger partial charge in [-0.2, -0.15) is 0 Å². The van der Waals surface area contributed by atoms with Crippen LogP contribution in [0.3, 0.4) is 0 Å². The summed E-state index contributed by atoms with van der Waals surface area (Å²) in [5, 5.41) is 40.2. The maximum atomic E-state index is 13.2. The Morgan fingerprint density at radius 2 is 1.62 bits per heavy atom. The van der Waals surface area contributed by atoms with Crippen LogP contribution in [0.4, 0.5) is 0 Å². The molecule has 7 atom stereocenters. The second-order valence-corrected chi connectivity index (χ2v) is 10.6. The topological polar surface area (TPSA) is 298 Å². The van der Waals surface area contributed by atoms with Crippen molar-refractivity contribution in [2.45, 2.75) is 82.4 Å². The van der Waals surface area contributed by atoms with E-state index in [-0.39, 0.29) is 19.4 Å². The zero-order chi connectivity index (χ0) is 33.8. The molecule has 0 unspecified atom stereocenters. The minimum absolute atomic E-state index is 0.122. The maximum Gasteiger partial charge on any atom is 0.326 e. The highest BCUT2D eigenvalue weighted by atomic mass is 16.4. The van der Waals surface area contributed by atoms with Crippen molar-refractivity contribution in [3.05, 3.63) is 18.2 Å². The van der Waals surface area contributed by atoms with E-state index in [9.17, 15) is 48.9 Å². The predicted octanol–water partition coefficient (Wildman–Crippen LogP) is -5.18. The van der Waals surface area contributed by atoms with E-state index in [4.69, 9.17) is 5.73 Å². The lowest BCUT2D eigenvalue weighted by Crippen LogP contribution is -2.59. The van der Waals surface area contributed by atoms with Gasteiger partial charge in [-0.05, 0) is 33.6 Å². The number of nitrogens with one attached hydrogen (secondary N) is 6. The first-order valence-corrected chi connectivity index (χ1v) is 14.2. The van der Waals surface area contributed by atoms with Gasteiger partial charge in [0.15, 0.2) is 0 Å². The lowest BCUT2D eigenvalue weighted by molar-refractivity contribution is -0.149. The van der Waals surface area contributed by atoms with E-state index in [1.165, 1.54) is 38.2 Å². The molecule has 1 fully saturated rings. The van der Waals surface area contributed by atoms with Crippen molar-refractivity contribution in [3.63, 3.8) is 0 Å². The summed E-state index contributed by atoms with van der Waals surface area (Å²) in [7, 11) is 0. The molecule has 19 nitrogen and oxygen atoms in total. The zero-order valence-corrected chi connectivity index (χ0v) is 25.1. The fourth-order valence-corrected chi connectivity index (χ4v) is 4.36. The van der Waals surface area contributed by atoms with Crippen LogP contribution in [0.15, 0.2) is 12.5 Å². The van der Waals surface area contributed by atoms with Crippen LogP contribution in [0.2, 0.25) is 0 Å². The number of aliphatic hydroxyl groups is 2. The van der Waals surface area contributed by atoms with Crippen molar-refractivity contribution < 1.29 is 48.9 Å². The van der Waals surface area contributed by atoms with Gasteiger partial charge in [0.05, 0.1) is 25.6 Å². The summed E-state index contributed by atoms with van der Waals surface area (Å²) in [4.78, 5) is 95.0. The number of carboxylic acid groups (broad SMARTS) is 1. The van der Waals surface area contributed by atoms with Crippen LogP contribution in [0, 0.1) is 0 Å². The number of H-pyrrole nitrogens is 1. The number of nitrogens with zero attached hydrogens (tertiary/aromatic N) is 2. The number of likely N-dealkylation sites (tertiary alicyclic amines) is 1. The average Bonchev–Trinajstić information content (AvgIpc) is 3.69. The number of carboxylic acids is 1. The van der Waals surface area contributed by atoms with Crippen molar-refractivity contribution >= 4 is 41.4 Å². The Balaban J connectivity index is 2.01. The molecular formula is C26H41N9O10. The van der Waals surface area contributed by atoms with Crippen LogP contribution in [-0.4, -0.2) is 134 Å². The molecule has 6 amide bonds. The molecule has 2 heterocycles. The third-order valence-electron chi connectivity index (χ3n) is 6.99. The van der Waals surface area contributed by atoms with Crippen molar-refractivity contribution in [1.82, 2.24) is 41.5 Å². The number of carbonyl (C=O) groups excluding carboxylic acids is 6. The molecular weight excluding hydrogens is 598 g/mol. The molecule has 250 valence electrons. The first-order chi connectivity index (χ1) is 21.2. The number of nitrogens with two attached hydrogens (primary N) is 1. The minimum atomic E-state index is -1.56. The standard InChI is InChI=1S/C26H41N9O10/c1-12(31-19(38)9-29-24(42)20(27)14(3)37)21(39)34-17(10-36)23(41)33-16(7-15-8-28-11-30-15)22(40)32-13(2)25(43)35-6-4-5-18(35)26(44)45/h8,11-14,16-18,20,36-37H,4-7,9-10,27H2,1-3H3,(H,28,30)(H,29,42)(H,31,38)(H,32,40)(H,33,41)(H,34,39)(H,44,45)/t12-,13-,14+,16-,17-,18-,20-/m0/s1. The van der Waals surface area contributed by atoms with Crippen LogP contribution in [-0.2, 0) is 40.0 Å². The normalized spacial score (nSPS) is 18.4. The van der Waals surface area contributed by atoms with Gasteiger partial charge in [0.2, 0.25) is 35.4 Å². The molecule has 2 rings (SSSR count). The third kappa shape index (κ3) is 10.8. The SMILES string of the molecule is C[C@H](NC(=O)CNC(=O)[C@@H](N)[C@@H](C)O)C(=O)N[C@@H](CO)C(=O)N[C@@H](Cc1cnc[nH]1)C(=O)N[C@@H](C)C(=O)N1CCC[C@H]1C(=O)O. The van der Waals surface area contributed by atoms with E-state index in [1.54, 1.807) is 0 Å². The third-order valence-corrected chi connectivity index (χ3v) is 6.99. The average molecular weight is 640 g/mol. The first kappa shape index (κ1) is 36.6. The van der Waals surface area contributed by atoms with Crippen molar-refractivity contribution in [2.24, 2.45) is 5.73 Å². The molecule has 1 aliphatic rings. The van der Waals surface area contributed by atoms with E-state index in [2.05, 4.69) is 36.6 Å². The number of amides is 6.